The number of rotatable bonds is 10. The van der Waals surface area contributed by atoms with Crippen LogP contribution >= 0.6 is 0 Å². The van der Waals surface area contributed by atoms with E-state index in [2.05, 4.69) is 10.6 Å². The molecule has 0 unspecified atom stereocenters. The van der Waals surface area contributed by atoms with Crippen LogP contribution in [0.2, 0.25) is 0 Å². The molecule has 0 heterocycles. The van der Waals surface area contributed by atoms with Gasteiger partial charge in [0.15, 0.2) is 0 Å². The van der Waals surface area contributed by atoms with E-state index in [9.17, 15) is 19.8 Å². The first-order valence-electron chi connectivity index (χ1n) is 12.0. The first-order chi connectivity index (χ1) is 14.0. The summed E-state index contributed by atoms with van der Waals surface area (Å²) in [6.45, 7) is 19.6. The molecular formula is C25H48N2O4. The first-order valence-corrected chi connectivity index (χ1v) is 12.0. The van der Waals surface area contributed by atoms with E-state index in [0.29, 0.717) is 38.5 Å². The molecule has 0 radical (unpaired) electrons. The van der Waals surface area contributed by atoms with Crippen molar-refractivity contribution < 1.29 is 19.8 Å². The van der Waals surface area contributed by atoms with Gasteiger partial charge >= 0.3 is 0 Å². The zero-order valence-corrected chi connectivity index (χ0v) is 21.6. The van der Waals surface area contributed by atoms with Gasteiger partial charge in [-0.1, -0.05) is 69.2 Å². The SMILES string of the molecule is CCC(O)(CC)[C@H](NC(=O)C1(C(=O)N[C@H](C(C)(C)C)C(O)(CC)CC)CC1)C(C)(C)C. The van der Waals surface area contributed by atoms with Gasteiger partial charge in [-0.2, -0.15) is 0 Å². The highest BCUT2D eigenvalue weighted by molar-refractivity contribution is 6.08. The molecule has 1 aliphatic rings. The zero-order valence-electron chi connectivity index (χ0n) is 21.6. The average molecular weight is 441 g/mol. The highest BCUT2D eigenvalue weighted by atomic mass is 16.3. The Morgan fingerprint density at radius 2 is 0.968 bits per heavy atom. The van der Waals surface area contributed by atoms with Gasteiger partial charge in [-0.15, -0.1) is 0 Å². The van der Waals surface area contributed by atoms with Crippen LogP contribution in [0.3, 0.4) is 0 Å². The summed E-state index contributed by atoms with van der Waals surface area (Å²) in [5.41, 5.74) is -3.96. The summed E-state index contributed by atoms with van der Waals surface area (Å²) in [5, 5.41) is 28.4. The van der Waals surface area contributed by atoms with Crippen LogP contribution in [0.1, 0.15) is 108 Å². The molecule has 6 nitrogen and oxygen atoms in total. The molecule has 0 spiro atoms. The third kappa shape index (κ3) is 5.81. The van der Waals surface area contributed by atoms with Gasteiger partial charge in [-0.25, -0.2) is 0 Å². The summed E-state index contributed by atoms with van der Waals surface area (Å²) in [7, 11) is 0. The van der Waals surface area contributed by atoms with E-state index in [1.165, 1.54) is 0 Å². The lowest BCUT2D eigenvalue weighted by Crippen LogP contribution is -2.63. The number of carbonyl (C=O) groups is 2. The molecule has 2 atom stereocenters. The lowest BCUT2D eigenvalue weighted by atomic mass is 9.73. The molecule has 0 aromatic carbocycles. The average Bonchev–Trinajstić information content (AvgIpc) is 3.49. The van der Waals surface area contributed by atoms with Gasteiger partial charge in [0.1, 0.15) is 5.41 Å². The largest absolute Gasteiger partial charge is 0.388 e. The summed E-state index contributed by atoms with van der Waals surface area (Å²) < 4.78 is 0. The molecule has 182 valence electrons. The Morgan fingerprint density at radius 3 is 1.13 bits per heavy atom. The number of amides is 2. The Hall–Kier alpha value is -1.14. The zero-order chi connectivity index (χ0) is 24.5. The number of hydrogen-bond donors (Lipinski definition) is 4. The number of carbonyl (C=O) groups excluding carboxylic acids is 2. The molecule has 4 N–H and O–H groups in total. The third-order valence-electron chi connectivity index (χ3n) is 7.43. The summed E-state index contributed by atoms with van der Waals surface area (Å²) >= 11 is 0. The maximum atomic E-state index is 13.4. The molecule has 31 heavy (non-hydrogen) atoms. The molecule has 0 aromatic heterocycles. The van der Waals surface area contributed by atoms with E-state index in [1.807, 2.05) is 69.2 Å². The van der Waals surface area contributed by atoms with Gasteiger partial charge in [0.05, 0.1) is 23.3 Å². The van der Waals surface area contributed by atoms with Crippen molar-refractivity contribution in [3.05, 3.63) is 0 Å². The summed E-state index contributed by atoms with van der Waals surface area (Å²) in [5.74, 6) is -0.649. The van der Waals surface area contributed by atoms with Crippen molar-refractivity contribution in [1.29, 1.82) is 0 Å². The van der Waals surface area contributed by atoms with Gasteiger partial charge in [-0.05, 0) is 49.4 Å². The Morgan fingerprint density at radius 1 is 0.710 bits per heavy atom. The van der Waals surface area contributed by atoms with E-state index in [-0.39, 0.29) is 22.6 Å². The second-order valence-electron chi connectivity index (χ2n) is 11.7. The summed E-state index contributed by atoms with van der Waals surface area (Å²) in [4.78, 5) is 26.8. The molecular weight excluding hydrogens is 392 g/mol. The molecule has 0 aromatic rings. The quantitative estimate of drug-likeness (QED) is 0.387. The molecule has 0 aliphatic heterocycles. The van der Waals surface area contributed by atoms with Crippen LogP contribution in [0.5, 0.6) is 0 Å². The van der Waals surface area contributed by atoms with Crippen molar-refractivity contribution in [2.24, 2.45) is 16.2 Å². The Labute approximate surface area is 190 Å². The van der Waals surface area contributed by atoms with Gasteiger partial charge in [0, 0.05) is 0 Å². The van der Waals surface area contributed by atoms with Crippen LogP contribution in [0, 0.1) is 16.2 Å². The predicted octanol–water partition coefficient (Wildman–Crippen LogP) is 3.93. The normalized spacial score (nSPS) is 18.8. The fourth-order valence-electron chi connectivity index (χ4n) is 4.85. The van der Waals surface area contributed by atoms with Crippen molar-refractivity contribution in [2.75, 3.05) is 0 Å². The van der Waals surface area contributed by atoms with E-state index >= 15 is 0 Å². The van der Waals surface area contributed by atoms with Crippen LogP contribution in [0.4, 0.5) is 0 Å². The minimum Gasteiger partial charge on any atom is -0.388 e. The first kappa shape index (κ1) is 27.9. The monoisotopic (exact) mass is 440 g/mol. The van der Waals surface area contributed by atoms with Crippen LogP contribution in [-0.2, 0) is 9.59 Å². The Kier molecular flexibility index (Phi) is 8.44. The molecule has 1 aliphatic carbocycles. The maximum Gasteiger partial charge on any atom is 0.236 e. The van der Waals surface area contributed by atoms with Crippen molar-refractivity contribution in [3.8, 4) is 0 Å². The molecule has 2 amide bonds. The Balaban J connectivity index is 3.17. The highest BCUT2D eigenvalue weighted by Gasteiger charge is 2.59. The lowest BCUT2D eigenvalue weighted by Gasteiger charge is -2.45. The molecule has 1 rings (SSSR count). The van der Waals surface area contributed by atoms with E-state index in [1.54, 1.807) is 0 Å². The second kappa shape index (κ2) is 9.38. The van der Waals surface area contributed by atoms with Crippen LogP contribution < -0.4 is 10.6 Å². The summed E-state index contributed by atoms with van der Waals surface area (Å²) in [6.07, 6.45) is 3.00. The number of nitrogens with one attached hydrogen (secondary N) is 2. The predicted molar refractivity (Wildman–Crippen MR) is 126 cm³/mol. The van der Waals surface area contributed by atoms with E-state index in [0.717, 1.165) is 0 Å². The van der Waals surface area contributed by atoms with Crippen molar-refractivity contribution in [2.45, 2.75) is 131 Å². The van der Waals surface area contributed by atoms with Crippen LogP contribution in [0.25, 0.3) is 0 Å². The Bertz CT molecular complexity index is 581. The van der Waals surface area contributed by atoms with Crippen LogP contribution in [-0.4, -0.2) is 45.3 Å². The number of aliphatic hydroxyl groups is 2. The minimum atomic E-state index is -1.13. The molecule has 1 saturated carbocycles. The van der Waals surface area contributed by atoms with E-state index < -0.39 is 28.7 Å². The van der Waals surface area contributed by atoms with Gasteiger partial charge < -0.3 is 20.8 Å². The molecule has 1 fully saturated rings. The maximum absolute atomic E-state index is 13.4. The molecule has 0 saturated heterocycles. The fourth-order valence-corrected chi connectivity index (χ4v) is 4.85. The second-order valence-corrected chi connectivity index (χ2v) is 11.7. The molecule has 6 heteroatoms. The smallest absolute Gasteiger partial charge is 0.236 e. The minimum absolute atomic E-state index is 0.325. The number of hydrogen-bond acceptors (Lipinski definition) is 4. The topological polar surface area (TPSA) is 98.7 Å². The lowest BCUT2D eigenvalue weighted by molar-refractivity contribution is -0.143. The van der Waals surface area contributed by atoms with Crippen molar-refractivity contribution in [1.82, 2.24) is 10.6 Å². The highest BCUT2D eigenvalue weighted by Crippen LogP contribution is 2.48. The standard InChI is InChI=1S/C25H48N2O4/c1-11-24(30,12-2)17(21(5,6)7)26-19(28)23(15-16-23)20(29)27-18(22(8,9)10)25(31,13-3)14-4/h17-18,30-31H,11-16H2,1-10H3,(H,26,28)(H,27,29)/t17-,18-/m1/s1. The van der Waals surface area contributed by atoms with Crippen molar-refractivity contribution in [3.63, 3.8) is 0 Å². The third-order valence-corrected chi connectivity index (χ3v) is 7.43. The van der Waals surface area contributed by atoms with Crippen LogP contribution in [0.15, 0.2) is 0 Å². The van der Waals surface area contributed by atoms with E-state index in [4.69, 9.17) is 0 Å². The van der Waals surface area contributed by atoms with Crippen molar-refractivity contribution >= 4 is 11.8 Å². The van der Waals surface area contributed by atoms with Gasteiger partial charge in [0.2, 0.25) is 11.8 Å². The molecule has 0 bridgehead atoms. The summed E-state index contributed by atoms with van der Waals surface area (Å²) in [6, 6.07) is -0.955. The van der Waals surface area contributed by atoms with Gasteiger partial charge in [0.25, 0.3) is 0 Å². The fraction of sp³-hybridized carbons (Fsp3) is 0.920. The van der Waals surface area contributed by atoms with Gasteiger partial charge in [-0.3, -0.25) is 9.59 Å².